The molecule has 6 rings (SSSR count). The highest BCUT2D eigenvalue weighted by molar-refractivity contribution is 7.21. The number of hydrogen-bond acceptors (Lipinski definition) is 6. The number of amides is 1. The van der Waals surface area contributed by atoms with Crippen molar-refractivity contribution in [3.8, 4) is 0 Å². The molecular formula is C26H31N5OS. The van der Waals surface area contributed by atoms with Crippen LogP contribution in [-0.4, -0.2) is 49.2 Å². The highest BCUT2D eigenvalue weighted by Crippen LogP contribution is 2.35. The molecule has 2 fully saturated rings. The van der Waals surface area contributed by atoms with E-state index in [-0.39, 0.29) is 11.9 Å². The van der Waals surface area contributed by atoms with Gasteiger partial charge in [0, 0.05) is 55.0 Å². The van der Waals surface area contributed by atoms with Crippen LogP contribution < -0.4 is 20.9 Å². The van der Waals surface area contributed by atoms with Crippen molar-refractivity contribution in [3.05, 3.63) is 52.0 Å². The Labute approximate surface area is 198 Å². The summed E-state index contributed by atoms with van der Waals surface area (Å²) in [6.07, 6.45) is 5.49. The van der Waals surface area contributed by atoms with Crippen LogP contribution in [0, 0.1) is 6.92 Å². The molecule has 172 valence electrons. The second-order valence-corrected chi connectivity index (χ2v) is 10.8. The molecule has 3 atom stereocenters. The van der Waals surface area contributed by atoms with Crippen LogP contribution in [0.4, 0.5) is 11.4 Å². The first kappa shape index (κ1) is 20.9. The molecule has 1 aliphatic carbocycles. The topological polar surface area (TPSA) is 69.3 Å². The third-order valence-corrected chi connectivity index (χ3v) is 8.58. The molecule has 2 saturated heterocycles. The average Bonchev–Trinajstić information content (AvgIpc) is 3.36. The normalized spacial score (nSPS) is 24.1. The van der Waals surface area contributed by atoms with E-state index in [2.05, 4.69) is 50.1 Å². The second-order valence-electron chi connectivity index (χ2n) is 9.77. The first-order chi connectivity index (χ1) is 16.1. The van der Waals surface area contributed by atoms with Crippen molar-refractivity contribution in [3.63, 3.8) is 0 Å². The van der Waals surface area contributed by atoms with Gasteiger partial charge in [-0.25, -0.2) is 4.98 Å². The maximum atomic E-state index is 13.2. The van der Waals surface area contributed by atoms with Gasteiger partial charge in [0.25, 0.3) is 5.91 Å². The fraction of sp³-hybridized carbons (Fsp3) is 0.462. The van der Waals surface area contributed by atoms with Crippen molar-refractivity contribution in [2.45, 2.75) is 57.2 Å². The standard InChI is InChI=1S/C26H31N5OS/c1-15-3-10-22-23(27-2)24(33-26(22)28-15)25(32)30-18-6-4-17-12-21(9-5-16(17)11-18)31-13-19-7-8-20(14-31)29-19/h3,5,9-10,12,18-20,27,29H,4,6-8,11,13-14H2,1-2H3,(H,30,32)/t18-,19?,20?/m0/s1. The number of nitrogens with zero attached hydrogens (tertiary/aromatic N) is 2. The van der Waals surface area contributed by atoms with Crippen LogP contribution >= 0.6 is 11.3 Å². The quantitative estimate of drug-likeness (QED) is 0.550. The Balaban J connectivity index is 1.17. The zero-order valence-electron chi connectivity index (χ0n) is 19.3. The Kier molecular flexibility index (Phi) is 5.26. The first-order valence-corrected chi connectivity index (χ1v) is 12.9. The molecule has 1 amide bonds. The first-order valence-electron chi connectivity index (χ1n) is 12.1. The number of hydrogen-bond donors (Lipinski definition) is 3. The number of nitrogens with one attached hydrogen (secondary N) is 3. The van der Waals surface area contributed by atoms with Crippen molar-refractivity contribution in [2.75, 3.05) is 30.4 Å². The van der Waals surface area contributed by atoms with Crippen LogP contribution in [0.5, 0.6) is 0 Å². The Morgan fingerprint density at radius 1 is 1.12 bits per heavy atom. The van der Waals surface area contributed by atoms with Crippen molar-refractivity contribution in [1.82, 2.24) is 15.6 Å². The fourth-order valence-corrected chi connectivity index (χ4v) is 6.93. The third kappa shape index (κ3) is 3.87. The van der Waals surface area contributed by atoms with E-state index in [0.29, 0.717) is 12.1 Å². The van der Waals surface area contributed by atoms with Crippen LogP contribution in [-0.2, 0) is 12.8 Å². The maximum Gasteiger partial charge on any atom is 0.263 e. The van der Waals surface area contributed by atoms with Crippen molar-refractivity contribution >= 4 is 38.8 Å². The SMILES string of the molecule is CNc1c(C(=O)N[C@H]2CCc3cc(N4CC5CCC(C4)N5)ccc3C2)sc2nc(C)ccc12. The lowest BCUT2D eigenvalue weighted by Gasteiger charge is -2.35. The molecule has 7 heteroatoms. The minimum atomic E-state index is 0.00126. The summed E-state index contributed by atoms with van der Waals surface area (Å²) in [5.41, 5.74) is 6.03. The Hall–Kier alpha value is -2.64. The van der Waals surface area contributed by atoms with Gasteiger partial charge in [0.1, 0.15) is 9.71 Å². The molecule has 2 bridgehead atoms. The Morgan fingerprint density at radius 3 is 2.73 bits per heavy atom. The van der Waals surface area contributed by atoms with Gasteiger partial charge in [-0.15, -0.1) is 11.3 Å². The number of aromatic nitrogens is 1. The van der Waals surface area contributed by atoms with Crippen LogP contribution in [0.3, 0.4) is 0 Å². The zero-order valence-corrected chi connectivity index (χ0v) is 20.1. The molecule has 2 aliphatic heterocycles. The van der Waals surface area contributed by atoms with Crippen molar-refractivity contribution in [1.29, 1.82) is 0 Å². The molecule has 3 N–H and O–H groups in total. The lowest BCUT2D eigenvalue weighted by molar-refractivity contribution is 0.0938. The Bertz CT molecular complexity index is 1210. The van der Waals surface area contributed by atoms with Crippen LogP contribution in [0.25, 0.3) is 10.2 Å². The predicted octanol–water partition coefficient (Wildman–Crippen LogP) is 3.87. The van der Waals surface area contributed by atoms with E-state index in [9.17, 15) is 4.79 Å². The molecule has 0 radical (unpaired) electrons. The van der Waals surface area contributed by atoms with Gasteiger partial charge in [-0.1, -0.05) is 6.07 Å². The number of carbonyl (C=O) groups excluding carboxylic acids is 1. The molecule has 0 spiro atoms. The summed E-state index contributed by atoms with van der Waals surface area (Å²) >= 11 is 1.47. The monoisotopic (exact) mass is 461 g/mol. The van der Waals surface area contributed by atoms with E-state index >= 15 is 0 Å². The number of thiophene rings is 1. The van der Waals surface area contributed by atoms with Gasteiger partial charge in [-0.2, -0.15) is 0 Å². The number of fused-ring (bicyclic) bond motifs is 4. The third-order valence-electron chi connectivity index (χ3n) is 7.49. The maximum absolute atomic E-state index is 13.2. The van der Waals surface area contributed by atoms with Crippen LogP contribution in [0.15, 0.2) is 30.3 Å². The fourth-order valence-electron chi connectivity index (χ4n) is 5.80. The lowest BCUT2D eigenvalue weighted by atomic mass is 9.87. The highest BCUT2D eigenvalue weighted by atomic mass is 32.1. The number of carbonyl (C=O) groups is 1. The van der Waals surface area contributed by atoms with Gasteiger partial charge in [0.15, 0.2) is 0 Å². The smallest absolute Gasteiger partial charge is 0.263 e. The largest absolute Gasteiger partial charge is 0.386 e. The van der Waals surface area contributed by atoms with Crippen molar-refractivity contribution < 1.29 is 4.79 Å². The molecule has 1 aromatic carbocycles. The lowest BCUT2D eigenvalue weighted by Crippen LogP contribution is -2.51. The minimum Gasteiger partial charge on any atom is -0.386 e. The summed E-state index contributed by atoms with van der Waals surface area (Å²) in [7, 11) is 1.87. The van der Waals surface area contributed by atoms with Crippen LogP contribution in [0.2, 0.25) is 0 Å². The molecule has 3 aliphatic rings. The molecule has 6 nitrogen and oxygen atoms in total. The van der Waals surface area contributed by atoms with Gasteiger partial charge >= 0.3 is 0 Å². The number of benzene rings is 1. The van der Waals surface area contributed by atoms with Gasteiger partial charge < -0.3 is 20.9 Å². The van der Waals surface area contributed by atoms with E-state index in [1.54, 1.807) is 0 Å². The number of rotatable bonds is 4. The van der Waals surface area contributed by atoms with Gasteiger partial charge in [-0.3, -0.25) is 4.79 Å². The number of anilines is 2. The van der Waals surface area contributed by atoms with E-state index in [4.69, 9.17) is 0 Å². The summed E-state index contributed by atoms with van der Waals surface area (Å²) in [5, 5.41) is 11.3. The van der Waals surface area contributed by atoms with Crippen molar-refractivity contribution in [2.24, 2.45) is 0 Å². The number of aryl methyl sites for hydroxylation is 2. The second kappa shape index (κ2) is 8.29. The van der Waals surface area contributed by atoms with Gasteiger partial charge in [0.05, 0.1) is 5.69 Å². The van der Waals surface area contributed by atoms with Crippen LogP contribution in [0.1, 0.15) is 45.8 Å². The summed E-state index contributed by atoms with van der Waals surface area (Å²) in [4.78, 5) is 22.0. The van der Waals surface area contributed by atoms with E-state index in [1.165, 1.54) is 41.0 Å². The van der Waals surface area contributed by atoms with Gasteiger partial charge in [0.2, 0.25) is 0 Å². The van der Waals surface area contributed by atoms with Gasteiger partial charge in [-0.05, 0) is 74.4 Å². The molecule has 2 aromatic heterocycles. The molecular weight excluding hydrogens is 430 g/mol. The Morgan fingerprint density at radius 2 is 1.94 bits per heavy atom. The summed E-state index contributed by atoms with van der Waals surface area (Å²) in [6, 6.07) is 12.5. The molecule has 33 heavy (non-hydrogen) atoms. The average molecular weight is 462 g/mol. The number of pyridine rings is 1. The predicted molar refractivity (Wildman–Crippen MR) is 136 cm³/mol. The zero-order chi connectivity index (χ0) is 22.5. The number of piperazine rings is 1. The summed E-state index contributed by atoms with van der Waals surface area (Å²) in [5.74, 6) is 0.00126. The molecule has 3 aromatic rings. The summed E-state index contributed by atoms with van der Waals surface area (Å²) in [6.45, 7) is 4.21. The van der Waals surface area contributed by atoms with E-state index in [1.807, 2.05) is 20.0 Å². The molecule has 4 heterocycles. The molecule has 0 saturated carbocycles. The van der Waals surface area contributed by atoms with E-state index < -0.39 is 0 Å². The molecule has 2 unspecified atom stereocenters. The highest BCUT2D eigenvalue weighted by Gasteiger charge is 2.32. The minimum absolute atomic E-state index is 0.00126. The van der Waals surface area contributed by atoms with E-state index in [0.717, 1.165) is 58.8 Å². The summed E-state index contributed by atoms with van der Waals surface area (Å²) < 4.78 is 0.